The van der Waals surface area contributed by atoms with Gasteiger partial charge in [-0.3, -0.25) is 4.79 Å². The summed E-state index contributed by atoms with van der Waals surface area (Å²) >= 11 is 0. The van der Waals surface area contributed by atoms with Gasteiger partial charge in [0.25, 0.3) is 0 Å². The molecule has 14 heavy (non-hydrogen) atoms. The fourth-order valence-corrected chi connectivity index (χ4v) is 0.825. The van der Waals surface area contributed by atoms with Gasteiger partial charge in [-0.15, -0.1) is 13.2 Å². The van der Waals surface area contributed by atoms with Gasteiger partial charge in [0.1, 0.15) is 5.82 Å². The number of nitrogens with one attached hydrogen (secondary N) is 1. The average molecular weight is 208 g/mol. The van der Waals surface area contributed by atoms with E-state index >= 15 is 0 Å². The van der Waals surface area contributed by atoms with Crippen LogP contribution in [0.1, 0.15) is 5.56 Å². The second-order valence-corrected chi connectivity index (χ2v) is 2.57. The maximum absolute atomic E-state index is 11.7. The number of ether oxygens (including phenoxy) is 1. The average Bonchev–Trinajstić information content (AvgIpc) is 2.04. The first kappa shape index (κ1) is 10.4. The van der Waals surface area contributed by atoms with Crippen LogP contribution in [0.4, 0.5) is 19.0 Å². The molecule has 1 heterocycles. The van der Waals surface area contributed by atoms with Crippen LogP contribution in [0.2, 0.25) is 0 Å². The molecule has 1 aromatic heterocycles. The fraction of sp³-hybridized carbons (Fsp3) is 0.286. The van der Waals surface area contributed by atoms with Gasteiger partial charge in [-0.25, -0.2) is 0 Å². The summed E-state index contributed by atoms with van der Waals surface area (Å²) in [4.78, 5) is 13.4. The Morgan fingerprint density at radius 2 is 2.07 bits per heavy atom. The van der Waals surface area contributed by atoms with Crippen LogP contribution in [0, 0.1) is 6.92 Å². The zero-order valence-electron chi connectivity index (χ0n) is 7.11. The number of halogens is 3. The molecule has 1 rings (SSSR count). The molecule has 0 aliphatic rings. The molecular weight excluding hydrogens is 201 g/mol. The molecule has 3 N–H and O–H groups in total. The van der Waals surface area contributed by atoms with Crippen molar-refractivity contribution in [3.8, 4) is 5.75 Å². The third kappa shape index (κ3) is 2.18. The monoisotopic (exact) mass is 208 g/mol. The van der Waals surface area contributed by atoms with Crippen LogP contribution in [0.3, 0.4) is 0 Å². The van der Waals surface area contributed by atoms with Crippen molar-refractivity contribution >= 4 is 5.82 Å². The smallest absolute Gasteiger partial charge is 0.400 e. The highest BCUT2D eigenvalue weighted by atomic mass is 19.4. The Balaban J connectivity index is 3.13. The number of hydrogen-bond donors (Lipinski definition) is 2. The van der Waals surface area contributed by atoms with Gasteiger partial charge in [0.05, 0.1) is 0 Å². The molecule has 1 aromatic rings. The van der Waals surface area contributed by atoms with Gasteiger partial charge in [-0.05, 0) is 6.92 Å². The molecule has 0 saturated carbocycles. The molecule has 4 nitrogen and oxygen atoms in total. The topological polar surface area (TPSA) is 68.1 Å². The highest BCUT2D eigenvalue weighted by molar-refractivity contribution is 5.41. The number of hydrogen-bond acceptors (Lipinski definition) is 3. The lowest BCUT2D eigenvalue weighted by molar-refractivity contribution is -0.275. The zero-order valence-corrected chi connectivity index (χ0v) is 7.11. The Kier molecular flexibility index (Phi) is 2.41. The second-order valence-electron chi connectivity index (χ2n) is 2.57. The number of H-pyrrole nitrogens is 1. The molecule has 0 bridgehead atoms. The minimum absolute atomic E-state index is 0.00764. The van der Waals surface area contributed by atoms with Crippen LogP contribution in [-0.2, 0) is 0 Å². The number of aromatic nitrogens is 1. The van der Waals surface area contributed by atoms with Gasteiger partial charge in [0.15, 0.2) is 5.75 Å². The highest BCUT2D eigenvalue weighted by Crippen LogP contribution is 2.19. The zero-order chi connectivity index (χ0) is 10.9. The predicted octanol–water partition coefficient (Wildman–Crippen LogP) is 1.16. The molecule has 0 amide bonds. The molecule has 0 spiro atoms. The number of pyridine rings is 1. The summed E-state index contributed by atoms with van der Waals surface area (Å²) in [7, 11) is 0. The molecule has 7 heteroatoms. The number of nitrogens with two attached hydrogens (primary N) is 1. The van der Waals surface area contributed by atoms with E-state index in [0.717, 1.165) is 6.20 Å². The third-order valence-corrected chi connectivity index (χ3v) is 1.55. The van der Waals surface area contributed by atoms with E-state index < -0.39 is 17.5 Å². The number of rotatable bonds is 1. The van der Waals surface area contributed by atoms with Crippen molar-refractivity contribution in [2.75, 3.05) is 5.73 Å². The SMILES string of the molecule is Cc1c(N)[nH]cc(OC(F)(F)F)c1=O. The first-order valence-electron chi connectivity index (χ1n) is 3.55. The number of anilines is 1. The van der Waals surface area contributed by atoms with Gasteiger partial charge in [0.2, 0.25) is 5.43 Å². The van der Waals surface area contributed by atoms with Crippen molar-refractivity contribution in [1.29, 1.82) is 0 Å². The van der Waals surface area contributed by atoms with Crippen LogP contribution in [-0.4, -0.2) is 11.3 Å². The molecule has 0 radical (unpaired) electrons. The van der Waals surface area contributed by atoms with Crippen molar-refractivity contribution in [1.82, 2.24) is 4.98 Å². The standard InChI is InChI=1S/C7H7F3N2O2/c1-3-5(13)4(2-12-6(3)11)14-7(8,9)10/h2H,1H3,(H3,11,12,13). The summed E-state index contributed by atoms with van der Waals surface area (Å²) in [5.41, 5.74) is 4.38. The van der Waals surface area contributed by atoms with Crippen LogP contribution >= 0.6 is 0 Å². The van der Waals surface area contributed by atoms with Gasteiger partial charge in [-0.1, -0.05) is 0 Å². The largest absolute Gasteiger partial charge is 0.573 e. The van der Waals surface area contributed by atoms with Crippen molar-refractivity contribution < 1.29 is 17.9 Å². The van der Waals surface area contributed by atoms with E-state index in [0.29, 0.717) is 0 Å². The van der Waals surface area contributed by atoms with Crippen LogP contribution < -0.4 is 15.9 Å². The summed E-state index contributed by atoms with van der Waals surface area (Å²) in [5, 5.41) is 0. The summed E-state index contributed by atoms with van der Waals surface area (Å²) in [6.45, 7) is 1.30. The Bertz CT molecular complexity index is 397. The molecule has 0 fully saturated rings. The summed E-state index contributed by atoms with van der Waals surface area (Å²) in [6, 6.07) is 0. The second kappa shape index (κ2) is 3.24. The van der Waals surface area contributed by atoms with Crippen molar-refractivity contribution in [2.24, 2.45) is 0 Å². The highest BCUT2D eigenvalue weighted by Gasteiger charge is 2.32. The van der Waals surface area contributed by atoms with Crippen LogP contribution in [0.25, 0.3) is 0 Å². The van der Waals surface area contributed by atoms with Gasteiger partial charge in [-0.2, -0.15) is 0 Å². The van der Waals surface area contributed by atoms with Gasteiger partial charge < -0.3 is 15.5 Å². The molecule has 0 aromatic carbocycles. The number of nitrogen functional groups attached to an aromatic ring is 1. The van der Waals surface area contributed by atoms with E-state index in [4.69, 9.17) is 5.73 Å². The van der Waals surface area contributed by atoms with Crippen LogP contribution in [0.15, 0.2) is 11.0 Å². The van der Waals surface area contributed by atoms with Crippen molar-refractivity contribution in [2.45, 2.75) is 13.3 Å². The molecule has 0 aliphatic carbocycles. The van der Waals surface area contributed by atoms with Crippen molar-refractivity contribution in [3.63, 3.8) is 0 Å². The normalized spacial score (nSPS) is 11.4. The molecular formula is C7H7F3N2O2. The molecule has 0 atom stereocenters. The van der Waals surface area contributed by atoms with Crippen LogP contribution in [0.5, 0.6) is 5.75 Å². The van der Waals surface area contributed by atoms with E-state index in [1.807, 2.05) is 0 Å². The lowest BCUT2D eigenvalue weighted by Crippen LogP contribution is -2.23. The Morgan fingerprint density at radius 1 is 1.50 bits per heavy atom. The fourth-order valence-electron chi connectivity index (χ4n) is 0.825. The van der Waals surface area contributed by atoms with E-state index in [-0.39, 0.29) is 11.4 Å². The lowest BCUT2D eigenvalue weighted by Gasteiger charge is -2.08. The molecule has 0 unspecified atom stereocenters. The molecule has 78 valence electrons. The van der Waals surface area contributed by atoms with Gasteiger partial charge in [0, 0.05) is 11.8 Å². The Morgan fingerprint density at radius 3 is 2.57 bits per heavy atom. The molecule has 0 saturated heterocycles. The van der Waals surface area contributed by atoms with Crippen molar-refractivity contribution in [3.05, 3.63) is 22.0 Å². The van der Waals surface area contributed by atoms with E-state index in [1.165, 1.54) is 6.92 Å². The quantitative estimate of drug-likeness (QED) is 0.727. The summed E-state index contributed by atoms with van der Waals surface area (Å²) in [6.07, 6.45) is -4.10. The van der Waals surface area contributed by atoms with E-state index in [2.05, 4.69) is 9.72 Å². The lowest BCUT2D eigenvalue weighted by atomic mass is 10.3. The summed E-state index contributed by atoms with van der Waals surface area (Å²) in [5.74, 6) is -0.797. The van der Waals surface area contributed by atoms with E-state index in [9.17, 15) is 18.0 Å². The minimum atomic E-state index is -4.88. The first-order valence-corrected chi connectivity index (χ1v) is 3.55. The Hall–Kier alpha value is -1.66. The summed E-state index contributed by atoms with van der Waals surface area (Å²) < 4.78 is 38.7. The van der Waals surface area contributed by atoms with E-state index in [1.54, 1.807) is 0 Å². The molecule has 0 aliphatic heterocycles. The number of aromatic amines is 1. The maximum atomic E-state index is 11.7. The number of alkyl halides is 3. The third-order valence-electron chi connectivity index (χ3n) is 1.55. The maximum Gasteiger partial charge on any atom is 0.573 e. The minimum Gasteiger partial charge on any atom is -0.400 e. The predicted molar refractivity (Wildman–Crippen MR) is 42.9 cm³/mol. The first-order chi connectivity index (χ1) is 6.31. The Labute approximate surface area is 76.5 Å². The van der Waals surface area contributed by atoms with Gasteiger partial charge >= 0.3 is 6.36 Å².